The average molecular weight is 356 g/mol. The molecule has 0 aliphatic carbocycles. The predicted octanol–water partition coefficient (Wildman–Crippen LogP) is 3.08. The number of hydrogen-bond donors (Lipinski definition) is 2. The van der Waals surface area contributed by atoms with Gasteiger partial charge in [-0.3, -0.25) is 9.69 Å². The maximum absolute atomic E-state index is 12.7. The number of aryl methyl sites for hydroxylation is 1. The third-order valence-electron chi connectivity index (χ3n) is 5.50. The van der Waals surface area contributed by atoms with Gasteiger partial charge in [0, 0.05) is 22.5 Å². The SMILES string of the molecule is Cc1ncc(Sc2ccc(C(=O)N[C@@H]3C4CCN(CC4)[C@H]3C)cc2)[nH]1. The highest BCUT2D eigenvalue weighted by atomic mass is 32.2. The largest absolute Gasteiger partial charge is 0.347 e. The lowest BCUT2D eigenvalue weighted by atomic mass is 9.79. The van der Waals surface area contributed by atoms with E-state index in [9.17, 15) is 4.79 Å². The van der Waals surface area contributed by atoms with Gasteiger partial charge in [-0.15, -0.1) is 0 Å². The van der Waals surface area contributed by atoms with Gasteiger partial charge < -0.3 is 10.3 Å². The topological polar surface area (TPSA) is 61.0 Å². The Morgan fingerprint density at radius 3 is 2.60 bits per heavy atom. The summed E-state index contributed by atoms with van der Waals surface area (Å²) < 4.78 is 0. The zero-order chi connectivity index (χ0) is 17.4. The van der Waals surface area contributed by atoms with Gasteiger partial charge in [-0.2, -0.15) is 0 Å². The Morgan fingerprint density at radius 1 is 1.28 bits per heavy atom. The van der Waals surface area contributed by atoms with Gasteiger partial charge in [-0.25, -0.2) is 4.98 Å². The fourth-order valence-electron chi connectivity index (χ4n) is 4.03. The van der Waals surface area contributed by atoms with Crippen LogP contribution in [0.15, 0.2) is 40.4 Å². The Morgan fingerprint density at radius 2 is 2.00 bits per heavy atom. The standard InChI is InChI=1S/C19H24N4OS/c1-12-18(14-7-9-23(12)10-8-14)22-19(24)15-3-5-16(6-4-15)25-17-11-20-13(2)21-17/h3-6,11-12,14,18H,7-10H2,1-2H3,(H,20,21)(H,22,24)/t12-,18-/m0/s1. The molecule has 2 N–H and O–H groups in total. The van der Waals surface area contributed by atoms with Crippen LogP contribution < -0.4 is 5.32 Å². The van der Waals surface area contributed by atoms with Gasteiger partial charge >= 0.3 is 0 Å². The van der Waals surface area contributed by atoms with Crippen LogP contribution >= 0.6 is 11.8 Å². The van der Waals surface area contributed by atoms with Crippen LogP contribution in [0.1, 0.15) is 35.9 Å². The van der Waals surface area contributed by atoms with E-state index in [2.05, 4.69) is 27.1 Å². The fourth-order valence-corrected chi connectivity index (χ4v) is 4.86. The minimum Gasteiger partial charge on any atom is -0.347 e. The highest BCUT2D eigenvalue weighted by molar-refractivity contribution is 7.99. The molecule has 4 heterocycles. The quantitative estimate of drug-likeness (QED) is 0.884. The number of carbonyl (C=O) groups is 1. The summed E-state index contributed by atoms with van der Waals surface area (Å²) in [6.07, 6.45) is 4.23. The summed E-state index contributed by atoms with van der Waals surface area (Å²) >= 11 is 1.62. The minimum atomic E-state index is 0.0412. The van der Waals surface area contributed by atoms with Gasteiger partial charge in [0.05, 0.1) is 11.2 Å². The number of aromatic nitrogens is 2. The number of carbonyl (C=O) groups excluding carboxylic acids is 1. The second kappa shape index (κ2) is 6.84. The van der Waals surface area contributed by atoms with Crippen molar-refractivity contribution in [1.82, 2.24) is 20.2 Å². The Balaban J connectivity index is 1.40. The summed E-state index contributed by atoms with van der Waals surface area (Å²) in [5.41, 5.74) is 0.730. The molecule has 25 heavy (non-hydrogen) atoms. The molecule has 0 saturated carbocycles. The Bertz CT molecular complexity index is 747. The molecule has 2 atom stereocenters. The van der Waals surface area contributed by atoms with Crippen LogP contribution in [0.2, 0.25) is 0 Å². The van der Waals surface area contributed by atoms with E-state index < -0.39 is 0 Å². The molecular weight excluding hydrogens is 332 g/mol. The lowest BCUT2D eigenvalue weighted by Gasteiger charge is -2.49. The smallest absolute Gasteiger partial charge is 0.251 e. The van der Waals surface area contributed by atoms with Crippen molar-refractivity contribution >= 4 is 17.7 Å². The maximum atomic E-state index is 12.7. The number of nitrogens with zero attached hydrogens (tertiary/aromatic N) is 2. The highest BCUT2D eigenvalue weighted by Gasteiger charge is 2.40. The first-order valence-electron chi connectivity index (χ1n) is 8.94. The molecular formula is C19H24N4OS. The average Bonchev–Trinajstić information content (AvgIpc) is 3.04. The van der Waals surface area contributed by atoms with Crippen molar-refractivity contribution in [2.45, 2.75) is 48.7 Å². The fraction of sp³-hybridized carbons (Fsp3) is 0.474. The van der Waals surface area contributed by atoms with Crippen molar-refractivity contribution in [3.05, 3.63) is 41.9 Å². The van der Waals surface area contributed by atoms with E-state index in [0.29, 0.717) is 12.0 Å². The first-order chi connectivity index (χ1) is 12.1. The molecule has 2 aromatic rings. The summed E-state index contributed by atoms with van der Waals surface area (Å²) in [5, 5.41) is 4.30. The molecule has 1 aromatic heterocycles. The van der Waals surface area contributed by atoms with Crippen LogP contribution in [0.25, 0.3) is 0 Å². The molecule has 5 rings (SSSR count). The Hall–Kier alpha value is -1.79. The van der Waals surface area contributed by atoms with Crippen LogP contribution in [0.3, 0.4) is 0 Å². The number of hydrogen-bond acceptors (Lipinski definition) is 4. The van der Waals surface area contributed by atoms with Crippen molar-refractivity contribution in [2.24, 2.45) is 5.92 Å². The van der Waals surface area contributed by atoms with Gasteiger partial charge in [-0.1, -0.05) is 11.8 Å². The molecule has 0 spiro atoms. The van der Waals surface area contributed by atoms with Gasteiger partial charge in [0.1, 0.15) is 5.82 Å². The van der Waals surface area contributed by atoms with E-state index in [1.807, 2.05) is 37.4 Å². The number of amides is 1. The predicted molar refractivity (Wildman–Crippen MR) is 98.9 cm³/mol. The molecule has 0 unspecified atom stereocenters. The summed E-state index contributed by atoms with van der Waals surface area (Å²) in [6, 6.07) is 8.53. The zero-order valence-corrected chi connectivity index (χ0v) is 15.5. The van der Waals surface area contributed by atoms with Crippen molar-refractivity contribution < 1.29 is 4.79 Å². The number of benzene rings is 1. The van der Waals surface area contributed by atoms with Gasteiger partial charge in [0.25, 0.3) is 5.91 Å². The number of imidazole rings is 1. The number of rotatable bonds is 4. The molecule has 3 aliphatic rings. The van der Waals surface area contributed by atoms with Crippen molar-refractivity contribution in [2.75, 3.05) is 13.1 Å². The molecule has 1 amide bonds. The normalized spacial score (nSPS) is 28.1. The molecule has 5 nitrogen and oxygen atoms in total. The molecule has 3 aliphatic heterocycles. The third-order valence-corrected chi connectivity index (χ3v) is 6.43. The van der Waals surface area contributed by atoms with E-state index in [0.717, 1.165) is 21.3 Å². The number of piperidine rings is 3. The molecule has 6 heteroatoms. The van der Waals surface area contributed by atoms with Crippen molar-refractivity contribution in [3.63, 3.8) is 0 Å². The van der Waals surface area contributed by atoms with Gasteiger partial charge in [0.2, 0.25) is 0 Å². The lowest BCUT2D eigenvalue weighted by molar-refractivity contribution is 0.0217. The van der Waals surface area contributed by atoms with Crippen molar-refractivity contribution in [3.8, 4) is 0 Å². The number of aromatic amines is 1. The third kappa shape index (κ3) is 3.46. The Labute approximate surface area is 152 Å². The van der Waals surface area contributed by atoms with E-state index in [1.54, 1.807) is 11.8 Å². The van der Waals surface area contributed by atoms with Crippen LogP contribution in [0, 0.1) is 12.8 Å². The summed E-state index contributed by atoms with van der Waals surface area (Å²) in [5.74, 6) is 1.58. The first kappa shape index (κ1) is 16.7. The number of fused-ring (bicyclic) bond motifs is 3. The summed E-state index contributed by atoms with van der Waals surface area (Å²) in [6.45, 7) is 6.53. The van der Waals surface area contributed by atoms with Crippen LogP contribution in [-0.4, -0.2) is 45.9 Å². The molecule has 132 valence electrons. The molecule has 3 saturated heterocycles. The van der Waals surface area contributed by atoms with E-state index in [1.165, 1.54) is 25.9 Å². The zero-order valence-electron chi connectivity index (χ0n) is 14.7. The Kier molecular flexibility index (Phi) is 4.56. The van der Waals surface area contributed by atoms with E-state index in [-0.39, 0.29) is 11.9 Å². The lowest BCUT2D eigenvalue weighted by Crippen LogP contribution is -2.62. The molecule has 0 radical (unpaired) electrons. The second-order valence-corrected chi connectivity index (χ2v) is 8.19. The summed E-state index contributed by atoms with van der Waals surface area (Å²) in [7, 11) is 0. The maximum Gasteiger partial charge on any atom is 0.251 e. The van der Waals surface area contributed by atoms with Crippen LogP contribution in [0.5, 0.6) is 0 Å². The van der Waals surface area contributed by atoms with Crippen LogP contribution in [0.4, 0.5) is 0 Å². The first-order valence-corrected chi connectivity index (χ1v) is 9.76. The van der Waals surface area contributed by atoms with Gasteiger partial charge in [0.15, 0.2) is 0 Å². The van der Waals surface area contributed by atoms with E-state index >= 15 is 0 Å². The molecule has 3 fully saturated rings. The molecule has 1 aromatic carbocycles. The van der Waals surface area contributed by atoms with Gasteiger partial charge in [-0.05, 0) is 70.0 Å². The van der Waals surface area contributed by atoms with Crippen LogP contribution in [-0.2, 0) is 0 Å². The highest BCUT2D eigenvalue weighted by Crippen LogP contribution is 2.32. The monoisotopic (exact) mass is 356 g/mol. The minimum absolute atomic E-state index is 0.0412. The number of nitrogens with one attached hydrogen (secondary N) is 2. The second-order valence-electron chi connectivity index (χ2n) is 7.07. The van der Waals surface area contributed by atoms with Crippen molar-refractivity contribution in [1.29, 1.82) is 0 Å². The molecule has 2 bridgehead atoms. The summed E-state index contributed by atoms with van der Waals surface area (Å²) in [4.78, 5) is 23.7. The number of H-pyrrole nitrogens is 1. The van der Waals surface area contributed by atoms with E-state index in [4.69, 9.17) is 0 Å².